The van der Waals surface area contributed by atoms with Crippen LogP contribution in [0.4, 0.5) is 0 Å². The third kappa shape index (κ3) is 3.67. The summed E-state index contributed by atoms with van der Waals surface area (Å²) in [7, 11) is 1.75. The van der Waals surface area contributed by atoms with Gasteiger partial charge in [0, 0.05) is 6.54 Å². The number of aryl methyl sites for hydroxylation is 1. The summed E-state index contributed by atoms with van der Waals surface area (Å²) >= 11 is 0. The predicted octanol–water partition coefficient (Wildman–Crippen LogP) is 3.71. The van der Waals surface area contributed by atoms with Gasteiger partial charge >= 0.3 is 0 Å². The summed E-state index contributed by atoms with van der Waals surface area (Å²) in [6, 6.07) is 6.62. The van der Waals surface area contributed by atoms with Crippen molar-refractivity contribution in [3.05, 3.63) is 29.3 Å². The zero-order valence-corrected chi connectivity index (χ0v) is 13.3. The second kappa shape index (κ2) is 7.33. The maximum atomic E-state index is 5.32. The van der Waals surface area contributed by atoms with E-state index in [1.807, 2.05) is 0 Å². The Morgan fingerprint density at radius 3 is 2.70 bits per heavy atom. The summed E-state index contributed by atoms with van der Waals surface area (Å²) in [5.74, 6) is 1.87. The van der Waals surface area contributed by atoms with E-state index in [0.29, 0.717) is 0 Å². The van der Waals surface area contributed by atoms with Crippen molar-refractivity contribution >= 4 is 12.4 Å². The average molecular weight is 296 g/mol. The van der Waals surface area contributed by atoms with Crippen LogP contribution < -0.4 is 4.74 Å². The van der Waals surface area contributed by atoms with Crippen LogP contribution in [0.15, 0.2) is 18.2 Å². The van der Waals surface area contributed by atoms with Gasteiger partial charge in [-0.1, -0.05) is 12.5 Å². The minimum atomic E-state index is 0. The number of piperidine rings is 1. The van der Waals surface area contributed by atoms with Crippen LogP contribution in [-0.2, 0) is 12.8 Å². The summed E-state index contributed by atoms with van der Waals surface area (Å²) in [6.07, 6.45) is 8.07. The van der Waals surface area contributed by atoms with Gasteiger partial charge in [-0.3, -0.25) is 0 Å². The van der Waals surface area contributed by atoms with Gasteiger partial charge in [-0.15, -0.1) is 12.4 Å². The van der Waals surface area contributed by atoms with E-state index in [0.717, 1.165) is 11.7 Å². The van der Waals surface area contributed by atoms with Crippen LogP contribution in [0.2, 0.25) is 0 Å². The van der Waals surface area contributed by atoms with Gasteiger partial charge in [0.15, 0.2) is 0 Å². The molecule has 1 fully saturated rings. The van der Waals surface area contributed by atoms with E-state index in [9.17, 15) is 0 Å². The Bertz CT molecular complexity index is 429. The van der Waals surface area contributed by atoms with Gasteiger partial charge in [-0.25, -0.2) is 0 Å². The maximum absolute atomic E-state index is 5.32. The third-order valence-corrected chi connectivity index (χ3v) is 4.71. The summed E-state index contributed by atoms with van der Waals surface area (Å²) in [4.78, 5) is 2.68. The number of methoxy groups -OCH3 is 1. The Morgan fingerprint density at radius 2 is 1.95 bits per heavy atom. The molecule has 1 aromatic carbocycles. The molecular weight excluding hydrogens is 270 g/mol. The van der Waals surface area contributed by atoms with Gasteiger partial charge < -0.3 is 9.64 Å². The van der Waals surface area contributed by atoms with Crippen molar-refractivity contribution in [3.8, 4) is 5.75 Å². The molecule has 1 aliphatic carbocycles. The van der Waals surface area contributed by atoms with Gasteiger partial charge in [0.2, 0.25) is 0 Å². The average Bonchev–Trinajstić information content (AvgIpc) is 2.48. The second-order valence-electron chi connectivity index (χ2n) is 6.10. The SMILES string of the molecule is COc1ccc2c(c1)CCC(CN1CCCCC1)C2.Cl. The number of rotatable bonds is 3. The highest BCUT2D eigenvalue weighted by atomic mass is 35.5. The minimum absolute atomic E-state index is 0. The Kier molecular flexibility index (Phi) is 5.74. The fourth-order valence-electron chi connectivity index (χ4n) is 3.60. The summed E-state index contributed by atoms with van der Waals surface area (Å²) in [5.41, 5.74) is 3.06. The maximum Gasteiger partial charge on any atom is 0.119 e. The van der Waals surface area contributed by atoms with Crippen LogP contribution in [0.1, 0.15) is 36.8 Å². The first-order chi connectivity index (χ1) is 9.35. The van der Waals surface area contributed by atoms with Crippen molar-refractivity contribution in [2.75, 3.05) is 26.7 Å². The van der Waals surface area contributed by atoms with E-state index >= 15 is 0 Å². The quantitative estimate of drug-likeness (QED) is 0.843. The summed E-state index contributed by atoms with van der Waals surface area (Å²) in [5, 5.41) is 0. The van der Waals surface area contributed by atoms with Crippen LogP contribution in [0.3, 0.4) is 0 Å². The molecule has 3 rings (SSSR count). The highest BCUT2D eigenvalue weighted by molar-refractivity contribution is 5.85. The lowest BCUT2D eigenvalue weighted by atomic mass is 9.83. The van der Waals surface area contributed by atoms with Crippen LogP contribution in [-0.4, -0.2) is 31.6 Å². The molecule has 1 aliphatic heterocycles. The highest BCUT2D eigenvalue weighted by Gasteiger charge is 2.22. The lowest BCUT2D eigenvalue weighted by Gasteiger charge is -2.33. The molecule has 112 valence electrons. The van der Waals surface area contributed by atoms with Crippen LogP contribution in [0.5, 0.6) is 5.75 Å². The number of ether oxygens (including phenoxy) is 1. The monoisotopic (exact) mass is 295 g/mol. The molecule has 0 N–H and O–H groups in total. The van der Waals surface area contributed by atoms with Crippen LogP contribution in [0.25, 0.3) is 0 Å². The molecule has 0 saturated carbocycles. The van der Waals surface area contributed by atoms with Crippen molar-refractivity contribution in [3.63, 3.8) is 0 Å². The van der Waals surface area contributed by atoms with E-state index in [1.165, 1.54) is 63.7 Å². The van der Waals surface area contributed by atoms with Crippen molar-refractivity contribution in [1.29, 1.82) is 0 Å². The number of hydrogen-bond donors (Lipinski definition) is 0. The normalized spacial score (nSPS) is 22.8. The number of hydrogen-bond acceptors (Lipinski definition) is 2. The molecule has 0 amide bonds. The van der Waals surface area contributed by atoms with Crippen molar-refractivity contribution in [1.82, 2.24) is 4.90 Å². The van der Waals surface area contributed by atoms with Crippen LogP contribution in [0, 0.1) is 5.92 Å². The highest BCUT2D eigenvalue weighted by Crippen LogP contribution is 2.29. The number of fused-ring (bicyclic) bond motifs is 1. The number of benzene rings is 1. The number of halogens is 1. The van der Waals surface area contributed by atoms with E-state index in [2.05, 4.69) is 23.1 Å². The van der Waals surface area contributed by atoms with Gasteiger partial charge in [0.1, 0.15) is 5.75 Å². The zero-order chi connectivity index (χ0) is 13.1. The largest absolute Gasteiger partial charge is 0.497 e. The molecule has 1 heterocycles. The fourth-order valence-corrected chi connectivity index (χ4v) is 3.60. The molecular formula is C17H26ClNO. The van der Waals surface area contributed by atoms with E-state index in [-0.39, 0.29) is 12.4 Å². The van der Waals surface area contributed by atoms with Crippen molar-refractivity contribution in [2.24, 2.45) is 5.92 Å². The van der Waals surface area contributed by atoms with Gasteiger partial charge in [-0.2, -0.15) is 0 Å². The molecule has 3 heteroatoms. The first kappa shape index (κ1) is 15.7. The third-order valence-electron chi connectivity index (χ3n) is 4.71. The second-order valence-corrected chi connectivity index (χ2v) is 6.10. The molecule has 1 atom stereocenters. The molecule has 0 bridgehead atoms. The Labute approximate surface area is 128 Å². The molecule has 1 aromatic rings. The smallest absolute Gasteiger partial charge is 0.119 e. The lowest BCUT2D eigenvalue weighted by molar-refractivity contribution is 0.187. The fraction of sp³-hybridized carbons (Fsp3) is 0.647. The Morgan fingerprint density at radius 1 is 1.15 bits per heavy atom. The summed E-state index contributed by atoms with van der Waals surface area (Å²) in [6.45, 7) is 3.96. The molecule has 2 aliphatic rings. The topological polar surface area (TPSA) is 12.5 Å². The van der Waals surface area contributed by atoms with Gasteiger partial charge in [0.05, 0.1) is 7.11 Å². The zero-order valence-electron chi connectivity index (χ0n) is 12.4. The predicted molar refractivity (Wildman–Crippen MR) is 86.0 cm³/mol. The number of nitrogens with zero attached hydrogens (tertiary/aromatic N) is 1. The molecule has 2 nitrogen and oxygen atoms in total. The molecule has 20 heavy (non-hydrogen) atoms. The minimum Gasteiger partial charge on any atom is -0.497 e. The van der Waals surface area contributed by atoms with E-state index in [4.69, 9.17) is 4.74 Å². The molecule has 0 aromatic heterocycles. The molecule has 0 radical (unpaired) electrons. The van der Waals surface area contributed by atoms with Crippen molar-refractivity contribution < 1.29 is 4.74 Å². The van der Waals surface area contributed by atoms with E-state index < -0.39 is 0 Å². The van der Waals surface area contributed by atoms with Gasteiger partial charge in [0.25, 0.3) is 0 Å². The summed E-state index contributed by atoms with van der Waals surface area (Å²) < 4.78 is 5.32. The molecule has 0 spiro atoms. The van der Waals surface area contributed by atoms with Gasteiger partial charge in [-0.05, 0) is 74.4 Å². The lowest BCUT2D eigenvalue weighted by Crippen LogP contribution is -2.36. The van der Waals surface area contributed by atoms with E-state index in [1.54, 1.807) is 12.7 Å². The number of likely N-dealkylation sites (tertiary alicyclic amines) is 1. The first-order valence-electron chi connectivity index (χ1n) is 7.73. The standard InChI is InChI=1S/C17H25NO.ClH/c1-19-17-8-7-15-11-14(5-6-16(15)12-17)13-18-9-3-2-4-10-18;/h7-8,12,14H,2-6,9-11,13H2,1H3;1H. The van der Waals surface area contributed by atoms with Crippen LogP contribution >= 0.6 is 12.4 Å². The Balaban J connectivity index is 0.00000147. The molecule has 1 saturated heterocycles. The van der Waals surface area contributed by atoms with Crippen molar-refractivity contribution in [2.45, 2.75) is 38.5 Å². The Hall–Kier alpha value is -0.730. The molecule has 1 unspecified atom stereocenters. The first-order valence-corrected chi connectivity index (χ1v) is 7.73.